The number of benzene rings is 2. The van der Waals surface area contributed by atoms with Crippen LogP contribution in [0.1, 0.15) is 37.0 Å². The molecule has 0 radical (unpaired) electrons. The second kappa shape index (κ2) is 8.94. The summed E-state index contributed by atoms with van der Waals surface area (Å²) in [6.45, 7) is 3.44. The molecule has 2 aromatic carbocycles. The minimum Gasteiger partial charge on any atom is -0.480 e. The van der Waals surface area contributed by atoms with Gasteiger partial charge in [-0.2, -0.15) is 0 Å². The van der Waals surface area contributed by atoms with Crippen LogP contribution >= 0.6 is 0 Å². The largest absolute Gasteiger partial charge is 0.480 e. The monoisotopic (exact) mass is 353 g/mol. The molecule has 5 nitrogen and oxygen atoms in total. The summed E-state index contributed by atoms with van der Waals surface area (Å²) in [5, 5.41) is 11.5. The number of aliphatic carboxylic acids is 1. The third-order valence-electron chi connectivity index (χ3n) is 4.14. The molecule has 0 unspecified atom stereocenters. The third kappa shape index (κ3) is 5.28. The van der Waals surface area contributed by atoms with Crippen molar-refractivity contribution in [1.82, 2.24) is 5.32 Å². The van der Waals surface area contributed by atoms with Crippen molar-refractivity contribution in [3.63, 3.8) is 0 Å². The van der Waals surface area contributed by atoms with E-state index in [4.69, 9.17) is 5.11 Å². The highest BCUT2D eigenvalue weighted by molar-refractivity contribution is 5.98. The van der Waals surface area contributed by atoms with Crippen molar-refractivity contribution in [3.05, 3.63) is 60.2 Å². The van der Waals surface area contributed by atoms with Gasteiger partial charge in [0.1, 0.15) is 6.04 Å². The van der Waals surface area contributed by atoms with E-state index in [0.29, 0.717) is 5.56 Å². The van der Waals surface area contributed by atoms with Crippen LogP contribution in [0.3, 0.4) is 0 Å². The Balaban J connectivity index is 1.91. The summed E-state index contributed by atoms with van der Waals surface area (Å²) in [6, 6.07) is 16.1. The maximum Gasteiger partial charge on any atom is 0.326 e. The number of nitrogens with one attached hydrogen (secondary N) is 1. The van der Waals surface area contributed by atoms with Gasteiger partial charge in [0.2, 0.25) is 5.91 Å². The number of carboxylic acids is 1. The summed E-state index contributed by atoms with van der Waals surface area (Å²) in [7, 11) is 0. The number of Topliss-reactive ketones (excluding diaryl/α,β-unsaturated/α-hetero) is 1. The van der Waals surface area contributed by atoms with Crippen LogP contribution in [0.2, 0.25) is 0 Å². The number of carbonyl (C=O) groups excluding carboxylic acids is 2. The SMILES string of the molecule is CC(C)[C@H](NC(=O)CCC(=O)c1ccc(-c2ccccc2)cc1)C(=O)O. The average Bonchev–Trinajstić information content (AvgIpc) is 2.64. The van der Waals surface area contributed by atoms with Crippen LogP contribution in [0, 0.1) is 5.92 Å². The van der Waals surface area contributed by atoms with Crippen LogP contribution in [0.5, 0.6) is 0 Å². The summed E-state index contributed by atoms with van der Waals surface area (Å²) >= 11 is 0. The molecule has 1 atom stereocenters. The van der Waals surface area contributed by atoms with Gasteiger partial charge >= 0.3 is 5.97 Å². The molecular weight excluding hydrogens is 330 g/mol. The van der Waals surface area contributed by atoms with E-state index in [1.54, 1.807) is 26.0 Å². The van der Waals surface area contributed by atoms with E-state index in [2.05, 4.69) is 5.32 Å². The zero-order valence-corrected chi connectivity index (χ0v) is 14.9. The molecule has 0 bridgehead atoms. The normalized spacial score (nSPS) is 11.8. The van der Waals surface area contributed by atoms with E-state index in [-0.39, 0.29) is 24.5 Å². The second-order valence-electron chi connectivity index (χ2n) is 6.49. The number of rotatable bonds is 8. The molecule has 0 saturated carbocycles. The predicted octanol–water partition coefficient (Wildman–Crippen LogP) is 3.54. The molecule has 136 valence electrons. The van der Waals surface area contributed by atoms with E-state index >= 15 is 0 Å². The van der Waals surface area contributed by atoms with Crippen LogP contribution < -0.4 is 5.32 Å². The Labute approximate surface area is 153 Å². The predicted molar refractivity (Wildman–Crippen MR) is 99.8 cm³/mol. The van der Waals surface area contributed by atoms with E-state index in [0.717, 1.165) is 11.1 Å². The lowest BCUT2D eigenvalue weighted by molar-refractivity contribution is -0.143. The summed E-state index contributed by atoms with van der Waals surface area (Å²) in [6.07, 6.45) is 0.0106. The minimum atomic E-state index is -1.07. The molecule has 26 heavy (non-hydrogen) atoms. The Morgan fingerprint density at radius 3 is 2.00 bits per heavy atom. The number of amides is 1. The Hall–Kier alpha value is -2.95. The quantitative estimate of drug-likeness (QED) is 0.711. The van der Waals surface area contributed by atoms with Gasteiger partial charge in [-0.15, -0.1) is 0 Å². The highest BCUT2D eigenvalue weighted by Gasteiger charge is 2.23. The van der Waals surface area contributed by atoms with E-state index in [1.807, 2.05) is 42.5 Å². The first-order valence-corrected chi connectivity index (χ1v) is 8.59. The van der Waals surface area contributed by atoms with Gasteiger partial charge in [0.15, 0.2) is 5.78 Å². The molecule has 0 saturated heterocycles. The van der Waals surface area contributed by atoms with Gasteiger partial charge in [0.25, 0.3) is 0 Å². The molecule has 0 aliphatic carbocycles. The van der Waals surface area contributed by atoms with Gasteiger partial charge < -0.3 is 10.4 Å². The maximum atomic E-state index is 12.3. The second-order valence-corrected chi connectivity index (χ2v) is 6.49. The number of ketones is 1. The van der Waals surface area contributed by atoms with E-state index in [9.17, 15) is 14.4 Å². The summed E-state index contributed by atoms with van der Waals surface area (Å²) in [5.74, 6) is -1.87. The molecule has 1 amide bonds. The molecule has 2 aromatic rings. The Morgan fingerprint density at radius 2 is 1.46 bits per heavy atom. The van der Waals surface area contributed by atoms with Crippen molar-refractivity contribution in [2.24, 2.45) is 5.92 Å². The average molecular weight is 353 g/mol. The molecule has 2 N–H and O–H groups in total. The van der Waals surface area contributed by atoms with Crippen molar-refractivity contribution < 1.29 is 19.5 Å². The number of carbonyl (C=O) groups is 3. The summed E-state index contributed by atoms with van der Waals surface area (Å²) in [4.78, 5) is 35.3. The molecular formula is C21H23NO4. The van der Waals surface area contributed by atoms with Gasteiger partial charge in [0, 0.05) is 18.4 Å². The molecule has 0 aliphatic heterocycles. The lowest BCUT2D eigenvalue weighted by Gasteiger charge is -2.17. The fourth-order valence-corrected chi connectivity index (χ4v) is 2.61. The Morgan fingerprint density at radius 1 is 0.885 bits per heavy atom. The molecule has 0 spiro atoms. The zero-order chi connectivity index (χ0) is 19.1. The fraction of sp³-hybridized carbons (Fsp3) is 0.286. The summed E-state index contributed by atoms with van der Waals surface area (Å²) in [5.41, 5.74) is 2.62. The standard InChI is InChI=1S/C21H23NO4/c1-14(2)20(21(25)26)22-19(24)13-12-18(23)17-10-8-16(9-11-17)15-6-4-3-5-7-15/h3-11,14,20H,12-13H2,1-2H3,(H,22,24)(H,25,26)/t20-/m0/s1. The fourth-order valence-electron chi connectivity index (χ4n) is 2.61. The van der Waals surface area contributed by atoms with Gasteiger partial charge in [-0.25, -0.2) is 4.79 Å². The van der Waals surface area contributed by atoms with Crippen molar-refractivity contribution in [3.8, 4) is 11.1 Å². The van der Waals surface area contributed by atoms with Gasteiger partial charge in [-0.1, -0.05) is 68.4 Å². The van der Waals surface area contributed by atoms with Crippen molar-refractivity contribution in [2.45, 2.75) is 32.7 Å². The lowest BCUT2D eigenvalue weighted by Crippen LogP contribution is -2.44. The van der Waals surface area contributed by atoms with Crippen LogP contribution in [0.25, 0.3) is 11.1 Å². The molecule has 2 rings (SSSR count). The topological polar surface area (TPSA) is 83.5 Å². The number of carboxylic acid groups (broad SMARTS) is 1. The zero-order valence-electron chi connectivity index (χ0n) is 14.9. The molecule has 0 aromatic heterocycles. The first-order chi connectivity index (χ1) is 12.4. The van der Waals surface area contributed by atoms with Gasteiger partial charge in [-0.3, -0.25) is 9.59 Å². The van der Waals surface area contributed by atoms with Crippen LogP contribution in [-0.2, 0) is 9.59 Å². The smallest absolute Gasteiger partial charge is 0.326 e. The van der Waals surface area contributed by atoms with Gasteiger partial charge in [0.05, 0.1) is 0 Å². The third-order valence-corrected chi connectivity index (χ3v) is 4.14. The number of hydrogen-bond donors (Lipinski definition) is 2. The Kier molecular flexibility index (Phi) is 6.67. The van der Waals surface area contributed by atoms with Crippen LogP contribution in [-0.4, -0.2) is 28.8 Å². The van der Waals surface area contributed by atoms with Crippen LogP contribution in [0.15, 0.2) is 54.6 Å². The van der Waals surface area contributed by atoms with Gasteiger partial charge in [-0.05, 0) is 17.0 Å². The van der Waals surface area contributed by atoms with Crippen molar-refractivity contribution >= 4 is 17.7 Å². The van der Waals surface area contributed by atoms with Crippen molar-refractivity contribution in [1.29, 1.82) is 0 Å². The lowest BCUT2D eigenvalue weighted by atomic mass is 10.0. The van der Waals surface area contributed by atoms with Crippen molar-refractivity contribution in [2.75, 3.05) is 0 Å². The summed E-state index contributed by atoms with van der Waals surface area (Å²) < 4.78 is 0. The molecule has 0 heterocycles. The van der Waals surface area contributed by atoms with Crippen LogP contribution in [0.4, 0.5) is 0 Å². The highest BCUT2D eigenvalue weighted by Crippen LogP contribution is 2.20. The Bertz CT molecular complexity index is 766. The maximum absolute atomic E-state index is 12.3. The highest BCUT2D eigenvalue weighted by atomic mass is 16.4. The molecule has 5 heteroatoms. The minimum absolute atomic E-state index is 0.0320. The molecule has 0 aliphatic rings. The van der Waals surface area contributed by atoms with E-state index in [1.165, 1.54) is 0 Å². The van der Waals surface area contributed by atoms with E-state index < -0.39 is 17.9 Å². The number of hydrogen-bond acceptors (Lipinski definition) is 3. The molecule has 0 fully saturated rings. The first-order valence-electron chi connectivity index (χ1n) is 8.59. The first kappa shape index (κ1) is 19.4.